The van der Waals surface area contributed by atoms with Crippen LogP contribution in [0.15, 0.2) is 48.5 Å². The number of fused-ring (bicyclic) bond motifs is 4. The molecule has 33 heavy (non-hydrogen) atoms. The predicted molar refractivity (Wildman–Crippen MR) is 131 cm³/mol. The predicted octanol–water partition coefficient (Wildman–Crippen LogP) is 3.64. The van der Waals surface area contributed by atoms with Crippen molar-refractivity contribution in [3.8, 4) is 0 Å². The van der Waals surface area contributed by atoms with Crippen molar-refractivity contribution in [2.24, 2.45) is 0 Å². The summed E-state index contributed by atoms with van der Waals surface area (Å²) in [6.07, 6.45) is 0.431. The van der Waals surface area contributed by atoms with Gasteiger partial charge in [0.1, 0.15) is 10.5 Å². The minimum absolute atomic E-state index is 0.169. The number of aromatic nitrogens is 5. The van der Waals surface area contributed by atoms with Crippen LogP contribution in [0.3, 0.4) is 0 Å². The molecule has 0 unspecified atom stereocenters. The SMILES string of the molecule is Cc1nnc(N2CCN(C(=O)CCn3c4ccccc4c4nc5ccccc5nc43)CC2)s1. The number of anilines is 1. The number of hydrogen-bond acceptors (Lipinski definition) is 7. The van der Waals surface area contributed by atoms with Gasteiger partial charge in [0.2, 0.25) is 11.0 Å². The number of amides is 1. The molecule has 1 fully saturated rings. The maximum atomic E-state index is 13.1. The van der Waals surface area contributed by atoms with Crippen molar-refractivity contribution < 1.29 is 4.79 Å². The van der Waals surface area contributed by atoms with Crippen LogP contribution in [0.1, 0.15) is 11.4 Å². The van der Waals surface area contributed by atoms with Crippen LogP contribution < -0.4 is 4.90 Å². The largest absolute Gasteiger partial charge is 0.343 e. The minimum Gasteiger partial charge on any atom is -0.343 e. The van der Waals surface area contributed by atoms with Gasteiger partial charge < -0.3 is 14.4 Å². The number of nitrogens with zero attached hydrogens (tertiary/aromatic N) is 7. The lowest BCUT2D eigenvalue weighted by molar-refractivity contribution is -0.131. The highest BCUT2D eigenvalue weighted by Crippen LogP contribution is 2.28. The van der Waals surface area contributed by atoms with E-state index in [0.717, 1.165) is 56.3 Å². The molecule has 0 radical (unpaired) electrons. The van der Waals surface area contributed by atoms with E-state index in [0.29, 0.717) is 26.1 Å². The van der Waals surface area contributed by atoms with Crippen LogP contribution in [0.2, 0.25) is 0 Å². The zero-order valence-electron chi connectivity index (χ0n) is 18.3. The van der Waals surface area contributed by atoms with Gasteiger partial charge in [0.25, 0.3) is 0 Å². The first-order valence-electron chi connectivity index (χ1n) is 11.1. The number of para-hydroxylation sites is 3. The van der Waals surface area contributed by atoms with E-state index in [2.05, 4.69) is 31.8 Å². The molecule has 0 aliphatic carbocycles. The fourth-order valence-electron chi connectivity index (χ4n) is 4.54. The van der Waals surface area contributed by atoms with E-state index in [1.54, 1.807) is 11.3 Å². The molecule has 9 heteroatoms. The fourth-order valence-corrected chi connectivity index (χ4v) is 5.28. The highest BCUT2D eigenvalue weighted by molar-refractivity contribution is 7.15. The van der Waals surface area contributed by atoms with Crippen LogP contribution in [-0.2, 0) is 11.3 Å². The van der Waals surface area contributed by atoms with Gasteiger partial charge >= 0.3 is 0 Å². The molecule has 166 valence electrons. The molecule has 1 aliphatic heterocycles. The van der Waals surface area contributed by atoms with Crippen LogP contribution in [-0.4, -0.2) is 61.7 Å². The third kappa shape index (κ3) is 3.58. The lowest BCUT2D eigenvalue weighted by Gasteiger charge is -2.34. The monoisotopic (exact) mass is 457 g/mol. The average Bonchev–Trinajstić information content (AvgIpc) is 3.42. The third-order valence-corrected chi connectivity index (χ3v) is 7.12. The lowest BCUT2D eigenvalue weighted by Crippen LogP contribution is -2.49. The van der Waals surface area contributed by atoms with E-state index < -0.39 is 0 Å². The number of hydrogen-bond donors (Lipinski definition) is 0. The topological polar surface area (TPSA) is 80.0 Å². The molecule has 3 aromatic heterocycles. The number of carbonyl (C=O) groups excluding carboxylic acids is 1. The van der Waals surface area contributed by atoms with Gasteiger partial charge in [0.15, 0.2) is 5.65 Å². The van der Waals surface area contributed by atoms with E-state index in [9.17, 15) is 4.79 Å². The lowest BCUT2D eigenvalue weighted by atomic mass is 10.2. The second kappa shape index (κ2) is 8.08. The van der Waals surface area contributed by atoms with Crippen molar-refractivity contribution in [3.63, 3.8) is 0 Å². The van der Waals surface area contributed by atoms with Gasteiger partial charge in [-0.25, -0.2) is 9.97 Å². The highest BCUT2D eigenvalue weighted by atomic mass is 32.1. The van der Waals surface area contributed by atoms with Crippen molar-refractivity contribution in [1.29, 1.82) is 0 Å². The summed E-state index contributed by atoms with van der Waals surface area (Å²) in [6.45, 7) is 5.51. The summed E-state index contributed by atoms with van der Waals surface area (Å²) in [5.74, 6) is 0.169. The smallest absolute Gasteiger partial charge is 0.224 e. The van der Waals surface area contributed by atoms with E-state index in [4.69, 9.17) is 9.97 Å². The second-order valence-electron chi connectivity index (χ2n) is 8.27. The third-order valence-electron chi connectivity index (χ3n) is 6.23. The minimum atomic E-state index is 0.169. The van der Waals surface area contributed by atoms with Gasteiger partial charge in [0.05, 0.1) is 16.6 Å². The van der Waals surface area contributed by atoms with Crippen molar-refractivity contribution in [2.45, 2.75) is 19.9 Å². The van der Waals surface area contributed by atoms with Crippen LogP contribution in [0, 0.1) is 6.92 Å². The van der Waals surface area contributed by atoms with Gasteiger partial charge in [0, 0.05) is 44.5 Å². The molecule has 6 rings (SSSR count). The zero-order valence-corrected chi connectivity index (χ0v) is 19.1. The molecule has 0 saturated carbocycles. The summed E-state index contributed by atoms with van der Waals surface area (Å²) >= 11 is 1.60. The molecule has 4 heterocycles. The Kier molecular flexibility index (Phi) is 4.91. The summed E-state index contributed by atoms with van der Waals surface area (Å²) in [7, 11) is 0. The molecule has 1 amide bonds. The number of aryl methyl sites for hydroxylation is 2. The van der Waals surface area contributed by atoms with Gasteiger partial charge in [-0.15, -0.1) is 10.2 Å². The first-order valence-corrected chi connectivity index (χ1v) is 12.0. The van der Waals surface area contributed by atoms with E-state index in [1.807, 2.05) is 48.2 Å². The number of carbonyl (C=O) groups is 1. The van der Waals surface area contributed by atoms with Crippen molar-refractivity contribution in [1.82, 2.24) is 29.6 Å². The number of piperazine rings is 1. The molecule has 5 aromatic rings. The zero-order chi connectivity index (χ0) is 22.4. The van der Waals surface area contributed by atoms with Gasteiger partial charge in [-0.05, 0) is 25.1 Å². The summed E-state index contributed by atoms with van der Waals surface area (Å²) in [4.78, 5) is 27.0. The van der Waals surface area contributed by atoms with E-state index in [-0.39, 0.29) is 5.91 Å². The summed E-state index contributed by atoms with van der Waals surface area (Å²) in [6, 6.07) is 16.1. The summed E-state index contributed by atoms with van der Waals surface area (Å²) in [5.41, 5.74) is 4.53. The Labute approximate surface area is 194 Å². The molecule has 8 nitrogen and oxygen atoms in total. The van der Waals surface area contributed by atoms with Crippen LogP contribution in [0.25, 0.3) is 33.1 Å². The van der Waals surface area contributed by atoms with E-state index in [1.165, 1.54) is 0 Å². The molecule has 0 spiro atoms. The van der Waals surface area contributed by atoms with Crippen LogP contribution in [0.5, 0.6) is 0 Å². The number of rotatable bonds is 4. The fraction of sp³-hybridized carbons (Fsp3) is 0.292. The normalized spacial score (nSPS) is 14.6. The molecular weight excluding hydrogens is 434 g/mol. The van der Waals surface area contributed by atoms with Gasteiger partial charge in [-0.3, -0.25) is 4.79 Å². The maximum absolute atomic E-state index is 13.1. The molecule has 2 aromatic carbocycles. The first-order chi connectivity index (χ1) is 16.2. The maximum Gasteiger partial charge on any atom is 0.224 e. The molecule has 1 aliphatic rings. The van der Waals surface area contributed by atoms with Gasteiger partial charge in [-0.1, -0.05) is 41.7 Å². The van der Waals surface area contributed by atoms with Gasteiger partial charge in [-0.2, -0.15) is 0 Å². The van der Waals surface area contributed by atoms with Crippen molar-refractivity contribution in [2.75, 3.05) is 31.1 Å². The summed E-state index contributed by atoms with van der Waals surface area (Å²) < 4.78 is 2.14. The molecule has 0 atom stereocenters. The van der Waals surface area contributed by atoms with Crippen molar-refractivity contribution in [3.05, 3.63) is 53.5 Å². The Morgan fingerprint density at radius 1 is 0.939 bits per heavy atom. The van der Waals surface area contributed by atoms with Crippen molar-refractivity contribution >= 4 is 55.5 Å². The Morgan fingerprint density at radius 3 is 2.42 bits per heavy atom. The van der Waals surface area contributed by atoms with Crippen LogP contribution in [0.4, 0.5) is 5.13 Å². The molecular formula is C24H23N7OS. The quantitative estimate of drug-likeness (QED) is 0.410. The van der Waals surface area contributed by atoms with Crippen LogP contribution >= 0.6 is 11.3 Å². The molecule has 0 N–H and O–H groups in total. The Hall–Kier alpha value is -3.59. The Balaban J connectivity index is 1.23. The Bertz CT molecular complexity index is 1480. The Morgan fingerprint density at radius 2 is 1.67 bits per heavy atom. The molecule has 1 saturated heterocycles. The summed E-state index contributed by atoms with van der Waals surface area (Å²) in [5, 5.41) is 11.3. The highest BCUT2D eigenvalue weighted by Gasteiger charge is 2.23. The first kappa shape index (κ1) is 20.0. The average molecular weight is 458 g/mol. The number of benzene rings is 2. The second-order valence-corrected chi connectivity index (χ2v) is 9.43. The van der Waals surface area contributed by atoms with E-state index >= 15 is 0 Å². The molecule has 0 bridgehead atoms. The standard InChI is InChI=1S/C24H23N7OS/c1-16-27-28-24(33-16)30-14-12-29(13-15-30)21(32)10-11-31-20-9-5-2-6-17(20)22-23(31)26-19-8-4-3-7-18(19)25-22/h2-9H,10-15H2,1H3.